The minimum atomic E-state index is 0. The molecule has 1 fully saturated rings. The van der Waals surface area contributed by atoms with Crippen LogP contribution < -0.4 is 5.32 Å². The maximum atomic E-state index is 4.59. The normalized spacial score (nSPS) is 27.5. The number of nitrogens with one attached hydrogen (secondary N) is 1. The van der Waals surface area contributed by atoms with Crippen molar-refractivity contribution < 1.29 is 5.48 Å². The number of allylic oxidation sites excluding steroid dienone is 3. The summed E-state index contributed by atoms with van der Waals surface area (Å²) >= 11 is 0. The molecule has 3 rings (SSSR count). The summed E-state index contributed by atoms with van der Waals surface area (Å²) in [4.78, 5) is 2.60. The molecule has 1 heterocycles. The number of hydrogen-bond acceptors (Lipinski definition) is 2. The zero-order valence-corrected chi connectivity index (χ0v) is 22.2. The first-order valence-corrected chi connectivity index (χ1v) is 12.9. The number of halogens is 1. The van der Waals surface area contributed by atoms with Gasteiger partial charge in [-0.15, -0.1) is 12.4 Å². The average molecular weight is 483 g/mol. The number of nitrogens with zero attached hydrogens (tertiary/aromatic N) is 1. The van der Waals surface area contributed by atoms with E-state index in [9.17, 15) is 0 Å². The number of piperidine rings is 1. The van der Waals surface area contributed by atoms with E-state index in [1.54, 1.807) is 5.57 Å². The van der Waals surface area contributed by atoms with E-state index in [0.29, 0.717) is 18.0 Å². The fraction of sp³-hybridized carbons (Fsp3) is 0.793. The molecular weight excluding hydrogens is 428 g/mol. The van der Waals surface area contributed by atoms with Gasteiger partial charge in [0, 0.05) is 30.9 Å². The maximum Gasteiger partial charge on any atom is 0.0490 e. The fourth-order valence-corrected chi connectivity index (χ4v) is 5.92. The van der Waals surface area contributed by atoms with E-state index < -0.39 is 0 Å². The van der Waals surface area contributed by atoms with Gasteiger partial charge in [-0.25, -0.2) is 0 Å². The van der Waals surface area contributed by atoms with Crippen LogP contribution in [-0.4, -0.2) is 35.5 Å². The van der Waals surface area contributed by atoms with Crippen molar-refractivity contribution in [3.05, 3.63) is 36.1 Å². The Hall–Kier alpha value is -0.770. The second-order valence-electron chi connectivity index (χ2n) is 11.2. The Morgan fingerprint density at radius 3 is 2.30 bits per heavy atom. The lowest BCUT2D eigenvalue weighted by atomic mass is 9.76. The highest BCUT2D eigenvalue weighted by atomic mass is 35.5. The van der Waals surface area contributed by atoms with E-state index >= 15 is 0 Å². The molecule has 0 radical (unpaired) electrons. The smallest absolute Gasteiger partial charge is 0.0490 e. The van der Waals surface area contributed by atoms with Gasteiger partial charge in [-0.1, -0.05) is 65.5 Å². The van der Waals surface area contributed by atoms with Gasteiger partial charge in [-0.2, -0.15) is 0 Å². The van der Waals surface area contributed by atoms with Crippen molar-refractivity contribution in [3.8, 4) is 0 Å². The van der Waals surface area contributed by atoms with Crippen molar-refractivity contribution in [3.63, 3.8) is 0 Å². The van der Waals surface area contributed by atoms with Crippen LogP contribution in [0.3, 0.4) is 0 Å². The third kappa shape index (κ3) is 9.42. The zero-order chi connectivity index (χ0) is 21.7. The predicted octanol–water partition coefficient (Wildman–Crippen LogP) is 7.19. The third-order valence-electron chi connectivity index (χ3n) is 7.97. The molecule has 4 heteroatoms. The first-order valence-electron chi connectivity index (χ1n) is 12.9. The summed E-state index contributed by atoms with van der Waals surface area (Å²) < 4.78 is 0. The lowest BCUT2D eigenvalue weighted by Crippen LogP contribution is -2.47. The van der Waals surface area contributed by atoms with E-state index in [1.807, 2.05) is 0 Å². The standard InChI is InChI=1S/C28H48N2.CH4.ClH.H2O/c1-20(2)28(29-23(5)19-25-12-10-21(3)11-13-25)24(6)30-16-14-26(15-17-30)27-9-7-8-22(4)18-27;;;/h7,9,12,20-23,26-29H,6,8,10-11,13-19H2,1-5H3;1H4;1H;1H2/t21-,22?,23?,27?,28?;;;/m0.../s1. The van der Waals surface area contributed by atoms with Crippen LogP contribution in [-0.2, 0) is 0 Å². The zero-order valence-electron chi connectivity index (χ0n) is 21.4. The Bertz CT molecular complexity index is 621. The van der Waals surface area contributed by atoms with Gasteiger partial charge in [0.25, 0.3) is 0 Å². The van der Waals surface area contributed by atoms with Crippen molar-refractivity contribution in [2.45, 2.75) is 105 Å². The van der Waals surface area contributed by atoms with Crippen LogP contribution in [0.1, 0.15) is 93.4 Å². The van der Waals surface area contributed by atoms with Crippen molar-refractivity contribution >= 4 is 12.4 Å². The molecule has 0 aromatic rings. The average Bonchev–Trinajstić information content (AvgIpc) is 2.73. The molecule has 0 aromatic carbocycles. The lowest BCUT2D eigenvalue weighted by molar-refractivity contribution is 0.163. The molecule has 0 bridgehead atoms. The second-order valence-corrected chi connectivity index (χ2v) is 11.2. The summed E-state index contributed by atoms with van der Waals surface area (Å²) in [6, 6.07) is 0.898. The third-order valence-corrected chi connectivity index (χ3v) is 7.97. The van der Waals surface area contributed by atoms with Gasteiger partial charge in [0.15, 0.2) is 0 Å². The van der Waals surface area contributed by atoms with Crippen molar-refractivity contribution in [1.82, 2.24) is 10.2 Å². The lowest BCUT2D eigenvalue weighted by Gasteiger charge is -2.42. The molecule has 3 aliphatic rings. The molecule has 3 nitrogen and oxygen atoms in total. The van der Waals surface area contributed by atoms with Crippen LogP contribution in [0, 0.1) is 29.6 Å². The maximum absolute atomic E-state index is 4.59. The Morgan fingerprint density at radius 2 is 1.76 bits per heavy atom. The van der Waals surface area contributed by atoms with E-state index in [0.717, 1.165) is 23.7 Å². The Balaban J connectivity index is 0.00000341. The highest BCUT2D eigenvalue weighted by Gasteiger charge is 2.30. The summed E-state index contributed by atoms with van der Waals surface area (Å²) in [5.41, 5.74) is 2.99. The Labute approximate surface area is 212 Å². The van der Waals surface area contributed by atoms with Gasteiger partial charge in [-0.3, -0.25) is 0 Å². The Morgan fingerprint density at radius 1 is 1.09 bits per heavy atom. The summed E-state index contributed by atoms with van der Waals surface area (Å²) in [5, 5.41) is 3.96. The van der Waals surface area contributed by atoms with Crippen LogP contribution in [0.2, 0.25) is 0 Å². The number of likely N-dealkylation sites (tertiary alicyclic amines) is 1. The molecule has 2 aliphatic carbocycles. The Kier molecular flexibility index (Phi) is 14.9. The molecule has 0 aromatic heterocycles. The van der Waals surface area contributed by atoms with Gasteiger partial charge in [0.2, 0.25) is 0 Å². The molecule has 0 amide bonds. The minimum Gasteiger partial charge on any atom is -0.412 e. The molecule has 0 saturated carbocycles. The number of hydrogen-bond donors (Lipinski definition) is 1. The topological polar surface area (TPSA) is 46.8 Å². The fourth-order valence-electron chi connectivity index (χ4n) is 5.92. The summed E-state index contributed by atoms with van der Waals surface area (Å²) in [6.07, 6.45) is 17.9. The quantitative estimate of drug-likeness (QED) is 0.372. The summed E-state index contributed by atoms with van der Waals surface area (Å²) in [7, 11) is 0. The SMILES string of the molecule is C.C=C(C(NC(C)CC1=CC[C@H](C)CC1)C(C)C)N1CCC(C2C=CCC(C)C2)CC1.Cl.O. The molecule has 1 aliphatic heterocycles. The molecule has 33 heavy (non-hydrogen) atoms. The van der Waals surface area contributed by atoms with E-state index in [4.69, 9.17) is 0 Å². The molecule has 4 unspecified atom stereocenters. The van der Waals surface area contributed by atoms with Gasteiger partial charge >= 0.3 is 0 Å². The molecular formula is C29H55ClN2O. The van der Waals surface area contributed by atoms with Crippen LogP contribution in [0.5, 0.6) is 0 Å². The van der Waals surface area contributed by atoms with Crippen molar-refractivity contribution in [2.24, 2.45) is 29.6 Å². The van der Waals surface area contributed by atoms with Crippen LogP contribution >= 0.6 is 12.4 Å². The molecule has 1 saturated heterocycles. The molecule has 3 N–H and O–H groups in total. The molecule has 194 valence electrons. The highest BCUT2D eigenvalue weighted by Crippen LogP contribution is 2.35. The minimum absolute atomic E-state index is 0. The van der Waals surface area contributed by atoms with Gasteiger partial charge in [0.1, 0.15) is 0 Å². The van der Waals surface area contributed by atoms with E-state index in [-0.39, 0.29) is 25.3 Å². The predicted molar refractivity (Wildman–Crippen MR) is 149 cm³/mol. The number of rotatable bonds is 8. The summed E-state index contributed by atoms with van der Waals surface area (Å²) in [5.74, 6) is 4.00. The largest absolute Gasteiger partial charge is 0.412 e. The first-order chi connectivity index (χ1) is 14.3. The molecule has 5 atom stereocenters. The van der Waals surface area contributed by atoms with Crippen LogP contribution in [0.15, 0.2) is 36.1 Å². The van der Waals surface area contributed by atoms with Gasteiger partial charge in [0.05, 0.1) is 0 Å². The first kappa shape index (κ1) is 32.2. The van der Waals surface area contributed by atoms with E-state index in [2.05, 4.69) is 69.6 Å². The monoisotopic (exact) mass is 482 g/mol. The van der Waals surface area contributed by atoms with Crippen LogP contribution in [0.4, 0.5) is 0 Å². The van der Waals surface area contributed by atoms with Crippen molar-refractivity contribution in [1.29, 1.82) is 0 Å². The van der Waals surface area contributed by atoms with Gasteiger partial charge < -0.3 is 15.7 Å². The van der Waals surface area contributed by atoms with E-state index in [1.165, 1.54) is 70.2 Å². The second kappa shape index (κ2) is 15.3. The van der Waals surface area contributed by atoms with Crippen molar-refractivity contribution in [2.75, 3.05) is 13.1 Å². The highest BCUT2D eigenvalue weighted by molar-refractivity contribution is 5.85. The van der Waals surface area contributed by atoms with Crippen LogP contribution in [0.25, 0.3) is 0 Å². The van der Waals surface area contributed by atoms with Gasteiger partial charge in [-0.05, 0) is 87.9 Å². The molecule has 0 spiro atoms. The summed E-state index contributed by atoms with van der Waals surface area (Å²) in [6.45, 7) is 18.8.